The van der Waals surface area contributed by atoms with Gasteiger partial charge in [0.05, 0.1) is 13.0 Å². The van der Waals surface area contributed by atoms with Gasteiger partial charge in [0.15, 0.2) is 0 Å². The summed E-state index contributed by atoms with van der Waals surface area (Å²) in [4.78, 5) is 28.2. The molecule has 1 aliphatic carbocycles. The average Bonchev–Trinajstić information content (AvgIpc) is 3.40. The normalized spacial score (nSPS) is 19.2. The highest BCUT2D eigenvalue weighted by Crippen LogP contribution is 2.60. The smallest absolute Gasteiger partial charge is 0.216 e. The van der Waals surface area contributed by atoms with Gasteiger partial charge in [-0.2, -0.15) is 10.2 Å². The van der Waals surface area contributed by atoms with Crippen molar-refractivity contribution in [1.82, 2.24) is 0 Å². The summed E-state index contributed by atoms with van der Waals surface area (Å²) in [6.45, 7) is 0. The number of methoxy groups -OCH3 is 1. The molecule has 0 amide bonds. The Labute approximate surface area is 203 Å². The minimum absolute atomic E-state index is 0.309. The molecule has 0 N–H and O–H groups in total. The van der Waals surface area contributed by atoms with Crippen LogP contribution in [0.1, 0.15) is 43.3 Å². The second-order valence-electron chi connectivity index (χ2n) is 8.87. The number of Topliss-reactive ketones (excluding diaryl/α,β-unsaturated/α-hetero) is 2. The molecular weight excluding hydrogens is 436 g/mol. The van der Waals surface area contributed by atoms with Crippen molar-refractivity contribution in [2.45, 2.75) is 17.0 Å². The lowest BCUT2D eigenvalue weighted by atomic mass is 9.62. The van der Waals surface area contributed by atoms with Gasteiger partial charge in [0, 0.05) is 11.1 Å². The summed E-state index contributed by atoms with van der Waals surface area (Å²) >= 11 is 0. The third kappa shape index (κ3) is 2.81. The summed E-state index contributed by atoms with van der Waals surface area (Å²) in [6, 6.07) is 34.1. The lowest BCUT2D eigenvalue weighted by molar-refractivity contribution is 0.0772. The maximum Gasteiger partial charge on any atom is 0.216 e. The van der Waals surface area contributed by atoms with Crippen molar-refractivity contribution in [3.05, 3.63) is 137 Å². The van der Waals surface area contributed by atoms with E-state index in [2.05, 4.69) is 5.11 Å². The molecular formula is C30H22N2O3. The second-order valence-corrected chi connectivity index (χ2v) is 8.87. The van der Waals surface area contributed by atoms with Crippen LogP contribution in [0.25, 0.3) is 0 Å². The van der Waals surface area contributed by atoms with Crippen molar-refractivity contribution >= 4 is 11.6 Å². The molecule has 0 saturated heterocycles. The van der Waals surface area contributed by atoms with Crippen LogP contribution in [0, 0.1) is 0 Å². The molecule has 6 rings (SSSR count). The highest BCUT2D eigenvalue weighted by atomic mass is 16.5. The Bertz CT molecular complexity index is 1390. The highest BCUT2D eigenvalue weighted by Gasteiger charge is 2.69. The molecule has 5 nitrogen and oxygen atoms in total. The number of benzene rings is 4. The van der Waals surface area contributed by atoms with Crippen LogP contribution in [0.5, 0.6) is 5.75 Å². The topological polar surface area (TPSA) is 68.1 Å². The fourth-order valence-electron chi connectivity index (χ4n) is 5.60. The van der Waals surface area contributed by atoms with E-state index in [9.17, 15) is 9.59 Å². The van der Waals surface area contributed by atoms with Gasteiger partial charge < -0.3 is 4.74 Å². The quantitative estimate of drug-likeness (QED) is 0.352. The number of ketones is 2. The summed E-state index contributed by atoms with van der Waals surface area (Å²) < 4.78 is 5.38. The molecule has 1 aliphatic heterocycles. The van der Waals surface area contributed by atoms with Gasteiger partial charge in [-0.15, -0.1) is 0 Å². The monoisotopic (exact) mass is 458 g/mol. The minimum atomic E-state index is -1.69. The number of hydrogen-bond acceptors (Lipinski definition) is 5. The molecule has 0 saturated carbocycles. The van der Waals surface area contributed by atoms with Crippen molar-refractivity contribution in [3.8, 4) is 5.75 Å². The lowest BCUT2D eigenvalue weighted by Crippen LogP contribution is -2.49. The van der Waals surface area contributed by atoms with Crippen molar-refractivity contribution < 1.29 is 14.3 Å². The molecule has 1 heterocycles. The zero-order valence-electron chi connectivity index (χ0n) is 19.1. The summed E-state index contributed by atoms with van der Waals surface area (Å²) in [6.07, 6.45) is 0. The van der Waals surface area contributed by atoms with Crippen LogP contribution in [-0.4, -0.2) is 24.2 Å². The molecule has 0 aromatic heterocycles. The fraction of sp³-hybridized carbons (Fsp3) is 0.133. The number of carbonyl (C=O) groups is 2. The molecule has 1 atom stereocenters. The largest absolute Gasteiger partial charge is 0.497 e. The fourth-order valence-corrected chi connectivity index (χ4v) is 5.60. The molecule has 4 aromatic carbocycles. The Kier molecular flexibility index (Phi) is 4.74. The Morgan fingerprint density at radius 1 is 0.600 bits per heavy atom. The van der Waals surface area contributed by atoms with Crippen molar-refractivity contribution in [3.63, 3.8) is 0 Å². The van der Waals surface area contributed by atoms with Gasteiger partial charge in [-0.05, 0) is 28.8 Å². The van der Waals surface area contributed by atoms with E-state index >= 15 is 0 Å². The van der Waals surface area contributed by atoms with Crippen LogP contribution in [0.15, 0.2) is 119 Å². The molecule has 5 heteroatoms. The predicted octanol–water partition coefficient (Wildman–Crippen LogP) is 6.01. The summed E-state index contributed by atoms with van der Waals surface area (Å²) in [7, 11) is 1.61. The number of nitrogens with zero attached hydrogens (tertiary/aromatic N) is 2. The minimum Gasteiger partial charge on any atom is -0.497 e. The van der Waals surface area contributed by atoms with E-state index < -0.39 is 17.0 Å². The van der Waals surface area contributed by atoms with Crippen LogP contribution in [0.3, 0.4) is 0 Å². The Balaban J connectivity index is 1.68. The van der Waals surface area contributed by atoms with Crippen LogP contribution < -0.4 is 4.74 Å². The Morgan fingerprint density at radius 2 is 1.06 bits per heavy atom. The summed E-state index contributed by atoms with van der Waals surface area (Å²) in [5, 5.41) is 9.52. The molecule has 1 unspecified atom stereocenters. The third-order valence-electron chi connectivity index (χ3n) is 7.19. The molecule has 0 bridgehead atoms. The zero-order chi connectivity index (χ0) is 24.0. The van der Waals surface area contributed by atoms with E-state index in [1.165, 1.54) is 0 Å². The van der Waals surface area contributed by atoms with Gasteiger partial charge in [0.25, 0.3) is 0 Å². The first kappa shape index (κ1) is 21.2. The number of ether oxygens (including phenoxy) is 1. The van der Waals surface area contributed by atoms with Crippen LogP contribution >= 0.6 is 0 Å². The first-order valence-electron chi connectivity index (χ1n) is 11.5. The van der Waals surface area contributed by atoms with E-state index in [0.29, 0.717) is 16.9 Å². The third-order valence-corrected chi connectivity index (χ3v) is 7.19. The molecule has 35 heavy (non-hydrogen) atoms. The number of carbonyl (C=O) groups excluding carboxylic acids is 2. The van der Waals surface area contributed by atoms with Crippen molar-refractivity contribution in [2.24, 2.45) is 10.2 Å². The van der Waals surface area contributed by atoms with Crippen LogP contribution in [0.2, 0.25) is 0 Å². The van der Waals surface area contributed by atoms with E-state index in [0.717, 1.165) is 16.7 Å². The molecule has 170 valence electrons. The van der Waals surface area contributed by atoms with E-state index in [-0.39, 0.29) is 11.6 Å². The second kappa shape index (κ2) is 7.84. The van der Waals surface area contributed by atoms with Crippen molar-refractivity contribution in [1.29, 1.82) is 0 Å². The Hall–Kier alpha value is -4.38. The van der Waals surface area contributed by atoms with Gasteiger partial charge in [0.2, 0.25) is 17.1 Å². The summed E-state index contributed by atoms with van der Waals surface area (Å²) in [5.74, 6) is -0.627. The van der Waals surface area contributed by atoms with E-state index in [1.54, 1.807) is 31.4 Å². The van der Waals surface area contributed by atoms with Gasteiger partial charge in [-0.25, -0.2) is 0 Å². The van der Waals surface area contributed by atoms with E-state index in [1.807, 2.05) is 84.9 Å². The maximum atomic E-state index is 14.1. The van der Waals surface area contributed by atoms with Gasteiger partial charge >= 0.3 is 0 Å². The number of azo groups is 1. The molecule has 1 spiro atoms. The number of hydrogen-bond donors (Lipinski definition) is 0. The maximum absolute atomic E-state index is 14.1. The number of rotatable bonds is 4. The first-order valence-corrected chi connectivity index (χ1v) is 11.5. The molecule has 0 radical (unpaired) electrons. The first-order chi connectivity index (χ1) is 17.1. The Morgan fingerprint density at radius 3 is 1.54 bits per heavy atom. The predicted molar refractivity (Wildman–Crippen MR) is 132 cm³/mol. The van der Waals surface area contributed by atoms with Crippen molar-refractivity contribution in [2.75, 3.05) is 7.11 Å². The highest BCUT2D eigenvalue weighted by molar-refractivity contribution is 6.34. The SMILES string of the molecule is COc1ccc(C2C3(N=NC2(c2ccccc2)c2ccccc2)C(=O)c2ccccc2C3=O)cc1. The van der Waals surface area contributed by atoms with Gasteiger partial charge in [0.1, 0.15) is 11.3 Å². The number of fused-ring (bicyclic) bond motifs is 1. The summed E-state index contributed by atoms with van der Waals surface area (Å²) in [5.41, 5.74) is 0.541. The van der Waals surface area contributed by atoms with Gasteiger partial charge in [-0.1, -0.05) is 97.1 Å². The zero-order valence-corrected chi connectivity index (χ0v) is 19.1. The molecule has 2 aliphatic rings. The standard InChI is InChI=1S/C30H22N2O3/c1-35-23-18-16-20(17-19-23)26-29(21-10-4-2-5-11-21,22-12-6-3-7-13-22)31-32-30(26)27(33)24-14-8-9-15-25(24)28(30)34/h2-19,26H,1H3. The molecule has 4 aromatic rings. The lowest BCUT2D eigenvalue weighted by Gasteiger charge is -2.38. The van der Waals surface area contributed by atoms with Crippen LogP contribution in [-0.2, 0) is 5.54 Å². The van der Waals surface area contributed by atoms with Gasteiger partial charge in [-0.3, -0.25) is 9.59 Å². The average molecular weight is 459 g/mol. The molecule has 0 fully saturated rings. The van der Waals surface area contributed by atoms with Crippen LogP contribution in [0.4, 0.5) is 0 Å². The van der Waals surface area contributed by atoms with E-state index in [4.69, 9.17) is 9.85 Å².